The van der Waals surface area contributed by atoms with E-state index < -0.39 is 5.97 Å². The molecule has 4 heteroatoms. The average Bonchev–Trinajstić information content (AvgIpc) is 2.32. The van der Waals surface area contributed by atoms with E-state index in [1.807, 2.05) is 24.3 Å². The summed E-state index contributed by atoms with van der Waals surface area (Å²) < 4.78 is 1.06. The lowest BCUT2D eigenvalue weighted by Gasteiger charge is -2.28. The highest BCUT2D eigenvalue weighted by molar-refractivity contribution is 9.10. The summed E-state index contributed by atoms with van der Waals surface area (Å²) in [6.07, 6.45) is 4.01. The maximum absolute atomic E-state index is 11.2. The Morgan fingerprint density at radius 1 is 1.29 bits per heavy atom. The largest absolute Gasteiger partial charge is 0.481 e. The predicted molar refractivity (Wildman–Crippen MR) is 73.4 cm³/mol. The van der Waals surface area contributed by atoms with Crippen LogP contribution in [0.15, 0.2) is 33.6 Å². The highest BCUT2D eigenvalue weighted by atomic mass is 79.9. The maximum Gasteiger partial charge on any atom is 0.307 e. The van der Waals surface area contributed by atoms with Crippen molar-refractivity contribution in [1.82, 2.24) is 0 Å². The smallest absolute Gasteiger partial charge is 0.307 e. The number of benzene rings is 1. The van der Waals surface area contributed by atoms with Crippen LogP contribution in [0.3, 0.4) is 0 Å². The molecule has 1 aromatic rings. The molecule has 0 bridgehead atoms. The Morgan fingerprint density at radius 3 is 2.71 bits per heavy atom. The van der Waals surface area contributed by atoms with E-state index in [9.17, 15) is 9.90 Å². The van der Waals surface area contributed by atoms with Crippen LogP contribution in [0, 0.1) is 5.92 Å². The summed E-state index contributed by atoms with van der Waals surface area (Å²) in [6, 6.07) is 8.01. The number of halogens is 1. The Morgan fingerprint density at radius 2 is 2.00 bits per heavy atom. The molecule has 1 fully saturated rings. The lowest BCUT2D eigenvalue weighted by atomic mass is 9.89. The Balaban J connectivity index is 2.11. The van der Waals surface area contributed by atoms with E-state index in [1.165, 1.54) is 0 Å². The number of hydrogen-bond donors (Lipinski definition) is 1. The van der Waals surface area contributed by atoms with Crippen LogP contribution >= 0.6 is 27.7 Å². The van der Waals surface area contributed by atoms with Gasteiger partial charge in [-0.2, -0.15) is 0 Å². The van der Waals surface area contributed by atoms with Crippen LogP contribution in [0.4, 0.5) is 0 Å². The zero-order valence-electron chi connectivity index (χ0n) is 9.43. The van der Waals surface area contributed by atoms with Crippen molar-refractivity contribution in [3.8, 4) is 0 Å². The van der Waals surface area contributed by atoms with Crippen molar-refractivity contribution in [3.05, 3.63) is 28.7 Å². The topological polar surface area (TPSA) is 37.3 Å². The summed E-state index contributed by atoms with van der Waals surface area (Å²) in [6.45, 7) is 0. The van der Waals surface area contributed by atoms with Gasteiger partial charge in [-0.25, -0.2) is 0 Å². The van der Waals surface area contributed by atoms with E-state index in [0.29, 0.717) is 0 Å². The van der Waals surface area contributed by atoms with Crippen LogP contribution in [0.25, 0.3) is 0 Å². The van der Waals surface area contributed by atoms with E-state index in [-0.39, 0.29) is 11.2 Å². The summed E-state index contributed by atoms with van der Waals surface area (Å²) in [4.78, 5) is 12.4. The first-order valence-corrected chi connectivity index (χ1v) is 7.50. The molecule has 1 saturated carbocycles. The zero-order valence-corrected chi connectivity index (χ0v) is 11.8. The summed E-state index contributed by atoms with van der Waals surface area (Å²) in [5.74, 6) is -0.838. The van der Waals surface area contributed by atoms with Gasteiger partial charge in [-0.1, -0.05) is 25.0 Å². The second-order valence-electron chi connectivity index (χ2n) is 4.32. The van der Waals surface area contributed by atoms with Gasteiger partial charge in [0.1, 0.15) is 0 Å². The van der Waals surface area contributed by atoms with E-state index in [4.69, 9.17) is 0 Å². The predicted octanol–water partition coefficient (Wildman–Crippen LogP) is 4.18. The van der Waals surface area contributed by atoms with E-state index in [1.54, 1.807) is 11.8 Å². The number of hydrogen-bond acceptors (Lipinski definition) is 2. The highest BCUT2D eigenvalue weighted by Crippen LogP contribution is 2.40. The van der Waals surface area contributed by atoms with Crippen molar-refractivity contribution >= 4 is 33.7 Å². The van der Waals surface area contributed by atoms with E-state index in [0.717, 1.165) is 35.1 Å². The molecule has 0 aromatic heterocycles. The lowest BCUT2D eigenvalue weighted by Crippen LogP contribution is -2.29. The Hall–Kier alpha value is -0.480. The zero-order chi connectivity index (χ0) is 12.3. The minimum atomic E-state index is -0.644. The molecule has 0 spiro atoms. The molecular formula is C13H15BrO2S. The molecule has 0 aliphatic heterocycles. The van der Waals surface area contributed by atoms with Crippen molar-refractivity contribution in [1.29, 1.82) is 0 Å². The first kappa shape index (κ1) is 13.0. The molecule has 1 aliphatic carbocycles. The van der Waals surface area contributed by atoms with Gasteiger partial charge in [0.05, 0.1) is 5.92 Å². The molecule has 0 saturated heterocycles. The molecule has 1 aromatic carbocycles. The first-order chi connectivity index (χ1) is 8.18. The summed E-state index contributed by atoms with van der Waals surface area (Å²) in [7, 11) is 0. The number of rotatable bonds is 3. The average molecular weight is 315 g/mol. The van der Waals surface area contributed by atoms with Crippen LogP contribution in [0.5, 0.6) is 0 Å². The van der Waals surface area contributed by atoms with Crippen LogP contribution in [0.2, 0.25) is 0 Å². The number of aliphatic carboxylic acids is 1. The number of carbonyl (C=O) groups is 1. The Kier molecular flexibility index (Phi) is 4.51. The molecule has 0 amide bonds. The van der Waals surface area contributed by atoms with Gasteiger partial charge in [0, 0.05) is 14.6 Å². The summed E-state index contributed by atoms with van der Waals surface area (Å²) in [5.41, 5.74) is 0. The summed E-state index contributed by atoms with van der Waals surface area (Å²) in [5, 5.41) is 9.44. The van der Waals surface area contributed by atoms with Crippen molar-refractivity contribution in [2.45, 2.75) is 35.8 Å². The van der Waals surface area contributed by atoms with Gasteiger partial charge in [0.15, 0.2) is 0 Å². The SMILES string of the molecule is O=C(O)C1CCCCC1Sc1ccccc1Br. The van der Waals surface area contributed by atoms with Crippen molar-refractivity contribution in [2.24, 2.45) is 5.92 Å². The third-order valence-electron chi connectivity index (χ3n) is 3.13. The maximum atomic E-state index is 11.2. The van der Waals surface area contributed by atoms with Gasteiger partial charge in [-0.3, -0.25) is 4.79 Å². The van der Waals surface area contributed by atoms with Crippen LogP contribution in [-0.2, 0) is 4.79 Å². The molecule has 2 atom stereocenters. The van der Waals surface area contributed by atoms with Crippen molar-refractivity contribution < 1.29 is 9.90 Å². The molecule has 0 heterocycles. The minimum Gasteiger partial charge on any atom is -0.481 e. The normalized spacial score (nSPS) is 24.5. The molecular weight excluding hydrogens is 300 g/mol. The van der Waals surface area contributed by atoms with E-state index >= 15 is 0 Å². The molecule has 17 heavy (non-hydrogen) atoms. The third-order valence-corrected chi connectivity index (χ3v) is 5.57. The van der Waals surface area contributed by atoms with Gasteiger partial charge in [0.2, 0.25) is 0 Å². The van der Waals surface area contributed by atoms with Gasteiger partial charge >= 0.3 is 5.97 Å². The fraction of sp³-hybridized carbons (Fsp3) is 0.462. The van der Waals surface area contributed by atoms with Gasteiger partial charge < -0.3 is 5.11 Å². The van der Waals surface area contributed by atoms with Crippen molar-refractivity contribution in [3.63, 3.8) is 0 Å². The van der Waals surface area contributed by atoms with Gasteiger partial charge in [-0.15, -0.1) is 11.8 Å². The number of thioether (sulfide) groups is 1. The van der Waals surface area contributed by atoms with Crippen molar-refractivity contribution in [2.75, 3.05) is 0 Å². The Labute approximate surface area is 114 Å². The second-order valence-corrected chi connectivity index (χ2v) is 6.45. The van der Waals surface area contributed by atoms with E-state index in [2.05, 4.69) is 15.9 Å². The van der Waals surface area contributed by atoms with Gasteiger partial charge in [0.25, 0.3) is 0 Å². The first-order valence-electron chi connectivity index (χ1n) is 5.82. The minimum absolute atomic E-state index is 0.194. The number of carboxylic acids is 1. The third kappa shape index (κ3) is 3.26. The summed E-state index contributed by atoms with van der Waals surface area (Å²) >= 11 is 5.21. The van der Waals surface area contributed by atoms with Crippen LogP contribution in [0.1, 0.15) is 25.7 Å². The molecule has 92 valence electrons. The van der Waals surface area contributed by atoms with Crippen LogP contribution in [-0.4, -0.2) is 16.3 Å². The molecule has 0 radical (unpaired) electrons. The monoisotopic (exact) mass is 314 g/mol. The molecule has 2 rings (SSSR count). The van der Waals surface area contributed by atoms with Gasteiger partial charge in [-0.05, 0) is 40.9 Å². The Bertz CT molecular complexity index is 408. The number of carboxylic acid groups (broad SMARTS) is 1. The molecule has 1 N–H and O–H groups in total. The standard InChI is InChI=1S/C13H15BrO2S/c14-10-6-2-4-8-12(10)17-11-7-3-1-5-9(11)13(15)16/h2,4,6,8-9,11H,1,3,5,7H2,(H,15,16). The highest BCUT2D eigenvalue weighted by Gasteiger charge is 2.31. The fourth-order valence-electron chi connectivity index (χ4n) is 2.22. The molecule has 2 nitrogen and oxygen atoms in total. The van der Waals surface area contributed by atoms with Crippen LogP contribution < -0.4 is 0 Å². The molecule has 2 unspecified atom stereocenters. The molecule has 1 aliphatic rings. The fourth-order valence-corrected chi connectivity index (χ4v) is 4.15. The quantitative estimate of drug-likeness (QED) is 0.909. The second kappa shape index (κ2) is 5.91. The lowest BCUT2D eigenvalue weighted by molar-refractivity contribution is -0.142.